The highest BCUT2D eigenvalue weighted by molar-refractivity contribution is 5.81. The van der Waals surface area contributed by atoms with Crippen LogP contribution in [0.5, 0.6) is 0 Å². The Morgan fingerprint density at radius 2 is 1.93 bits per heavy atom. The van der Waals surface area contributed by atoms with Crippen LogP contribution in [-0.2, 0) is 15.7 Å². The molecule has 2 aliphatic heterocycles. The number of hydrogen-bond acceptors (Lipinski definition) is 3. The van der Waals surface area contributed by atoms with E-state index in [1.165, 1.54) is 6.07 Å². The molecule has 8 heteroatoms. The van der Waals surface area contributed by atoms with Gasteiger partial charge in [0.25, 0.3) is 0 Å². The number of rotatable bonds is 2. The molecule has 1 saturated carbocycles. The fourth-order valence-electron chi connectivity index (χ4n) is 4.75. The van der Waals surface area contributed by atoms with Crippen LogP contribution >= 0.6 is 0 Å². The number of hydrogen-bond donors (Lipinski definition) is 1. The number of cyclic esters (lactones) is 1. The van der Waals surface area contributed by atoms with Gasteiger partial charge in [0, 0.05) is 19.0 Å². The molecular weight excluding hydrogens is 373 g/mol. The molecule has 5 nitrogen and oxygen atoms in total. The molecule has 0 radical (unpaired) electrons. The normalized spacial score (nSPS) is 28.1. The predicted octanol–water partition coefficient (Wildman–Crippen LogP) is 3.61. The lowest BCUT2D eigenvalue weighted by atomic mass is 9.68. The highest BCUT2D eigenvalue weighted by atomic mass is 19.4. The lowest BCUT2D eigenvalue weighted by Crippen LogP contribution is -2.58. The second-order valence-electron chi connectivity index (χ2n) is 8.26. The molecule has 2 amide bonds. The Hall–Kier alpha value is -2.25. The number of nitrogens with zero attached hydrogens (tertiary/aromatic N) is 1. The molecule has 0 bridgehead atoms. The second-order valence-corrected chi connectivity index (χ2v) is 8.26. The van der Waals surface area contributed by atoms with E-state index in [2.05, 4.69) is 5.32 Å². The first-order chi connectivity index (χ1) is 13.2. The number of nitrogens with one attached hydrogen (secondary N) is 1. The number of amides is 2. The van der Waals surface area contributed by atoms with Gasteiger partial charge in [-0.05, 0) is 61.8 Å². The largest absolute Gasteiger partial charge is 0.447 e. The Morgan fingerprint density at radius 3 is 2.46 bits per heavy atom. The molecule has 0 unspecified atom stereocenters. The predicted molar refractivity (Wildman–Crippen MR) is 94.7 cm³/mol. The summed E-state index contributed by atoms with van der Waals surface area (Å²) in [7, 11) is 0. The Morgan fingerprint density at radius 1 is 1.25 bits per heavy atom. The van der Waals surface area contributed by atoms with Gasteiger partial charge in [-0.3, -0.25) is 4.79 Å². The van der Waals surface area contributed by atoms with Crippen LogP contribution < -0.4 is 5.32 Å². The molecule has 1 spiro atoms. The van der Waals surface area contributed by atoms with Crippen LogP contribution in [-0.4, -0.2) is 42.1 Å². The lowest BCUT2D eigenvalue weighted by molar-refractivity contribution is -0.142. The highest BCUT2D eigenvalue weighted by Crippen LogP contribution is 2.42. The highest BCUT2D eigenvalue weighted by Gasteiger charge is 2.53. The average Bonchev–Trinajstić information content (AvgIpc) is 3.01. The van der Waals surface area contributed by atoms with Crippen LogP contribution in [0.3, 0.4) is 0 Å². The Bertz CT molecular complexity index is 794. The quantitative estimate of drug-likeness (QED) is 0.831. The molecule has 2 saturated heterocycles. The Balaban J connectivity index is 1.33. The lowest BCUT2D eigenvalue weighted by Gasteiger charge is -2.45. The summed E-state index contributed by atoms with van der Waals surface area (Å²) in [5.74, 6) is 0.183. The summed E-state index contributed by atoms with van der Waals surface area (Å²) >= 11 is 0. The van der Waals surface area contributed by atoms with Crippen molar-refractivity contribution in [1.29, 1.82) is 0 Å². The Kier molecular flexibility index (Phi) is 4.55. The monoisotopic (exact) mass is 396 g/mol. The van der Waals surface area contributed by atoms with E-state index in [-0.39, 0.29) is 23.3 Å². The zero-order valence-electron chi connectivity index (χ0n) is 15.6. The van der Waals surface area contributed by atoms with Crippen molar-refractivity contribution in [2.24, 2.45) is 5.92 Å². The standard InChI is InChI=1S/C20H23F3N2O3/c1-12-8-15(20(21,22)23)2-3-16(12)13-4-6-25(7-5-13)17(26)14-9-19(10-14)11-28-18(27)24-19/h2-3,8,13-14H,4-7,9-11H2,1H3,(H,24,27)/t14-,19+. The molecule has 1 N–H and O–H groups in total. The maximum atomic E-state index is 12.9. The van der Waals surface area contributed by atoms with Crippen LogP contribution in [0.25, 0.3) is 0 Å². The van der Waals surface area contributed by atoms with E-state index in [0.29, 0.717) is 38.1 Å². The first-order valence-corrected chi connectivity index (χ1v) is 9.58. The van der Waals surface area contributed by atoms with Gasteiger partial charge in [0.2, 0.25) is 5.91 Å². The van der Waals surface area contributed by atoms with Crippen molar-refractivity contribution in [2.45, 2.75) is 50.2 Å². The van der Waals surface area contributed by atoms with Gasteiger partial charge in [0.1, 0.15) is 6.61 Å². The van der Waals surface area contributed by atoms with Crippen molar-refractivity contribution in [3.63, 3.8) is 0 Å². The smallest absolute Gasteiger partial charge is 0.416 e. The van der Waals surface area contributed by atoms with Gasteiger partial charge in [-0.2, -0.15) is 13.2 Å². The minimum atomic E-state index is -4.33. The van der Waals surface area contributed by atoms with Crippen LogP contribution in [0.2, 0.25) is 0 Å². The fraction of sp³-hybridized carbons (Fsp3) is 0.600. The number of carbonyl (C=O) groups is 2. The van der Waals surface area contributed by atoms with Crippen molar-refractivity contribution in [1.82, 2.24) is 10.2 Å². The molecule has 1 aliphatic carbocycles. The first-order valence-electron chi connectivity index (χ1n) is 9.58. The van der Waals surface area contributed by atoms with Crippen LogP contribution in [0.1, 0.15) is 48.3 Å². The first kappa shape index (κ1) is 19.1. The minimum absolute atomic E-state index is 0.0913. The molecule has 0 aromatic heterocycles. The number of aryl methyl sites for hydroxylation is 1. The van der Waals surface area contributed by atoms with Gasteiger partial charge in [0.05, 0.1) is 11.1 Å². The third-order valence-electron chi connectivity index (χ3n) is 6.31. The van der Waals surface area contributed by atoms with Crippen molar-refractivity contribution in [2.75, 3.05) is 19.7 Å². The van der Waals surface area contributed by atoms with Gasteiger partial charge in [0.15, 0.2) is 0 Å². The number of piperidine rings is 1. The van der Waals surface area contributed by atoms with E-state index in [1.807, 2.05) is 4.90 Å². The van der Waals surface area contributed by atoms with Crippen LogP contribution in [0.15, 0.2) is 18.2 Å². The fourth-order valence-corrected chi connectivity index (χ4v) is 4.75. The summed E-state index contributed by atoms with van der Waals surface area (Å²) in [5, 5.41) is 2.79. The van der Waals surface area contributed by atoms with Crippen molar-refractivity contribution < 1.29 is 27.5 Å². The summed E-state index contributed by atoms with van der Waals surface area (Å²) in [6.45, 7) is 3.26. The van der Waals surface area contributed by atoms with E-state index >= 15 is 0 Å². The average molecular weight is 396 g/mol. The number of alkyl carbamates (subject to hydrolysis) is 1. The molecule has 4 rings (SSSR count). The molecule has 2 heterocycles. The Labute approximate surface area is 161 Å². The molecule has 1 aromatic rings. The number of benzene rings is 1. The number of halogens is 3. The van der Waals surface area contributed by atoms with E-state index in [9.17, 15) is 22.8 Å². The summed E-state index contributed by atoms with van der Waals surface area (Å²) in [6, 6.07) is 3.93. The van der Waals surface area contributed by atoms with Crippen molar-refractivity contribution in [3.05, 3.63) is 34.9 Å². The number of likely N-dealkylation sites (tertiary alicyclic amines) is 1. The number of carbonyl (C=O) groups excluding carboxylic acids is 2. The van der Waals surface area contributed by atoms with Gasteiger partial charge in [-0.25, -0.2) is 4.79 Å². The maximum absolute atomic E-state index is 12.9. The van der Waals surface area contributed by atoms with E-state index < -0.39 is 17.8 Å². The SMILES string of the molecule is Cc1cc(C(F)(F)F)ccc1C1CCN(C(=O)[C@H]2C[C@]3(COC(=O)N3)C2)CC1. The number of alkyl halides is 3. The van der Waals surface area contributed by atoms with Crippen LogP contribution in [0, 0.1) is 12.8 Å². The van der Waals surface area contributed by atoms with Crippen molar-refractivity contribution in [3.8, 4) is 0 Å². The zero-order chi connectivity index (χ0) is 20.1. The van der Waals surface area contributed by atoms with Gasteiger partial charge < -0.3 is 15.0 Å². The summed E-state index contributed by atoms with van der Waals surface area (Å²) < 4.78 is 43.5. The third kappa shape index (κ3) is 3.44. The second kappa shape index (κ2) is 6.67. The molecule has 0 atom stereocenters. The zero-order valence-corrected chi connectivity index (χ0v) is 15.6. The van der Waals surface area contributed by atoms with Gasteiger partial charge in [-0.15, -0.1) is 0 Å². The molecule has 3 aliphatic rings. The van der Waals surface area contributed by atoms with E-state index in [4.69, 9.17) is 4.74 Å². The molecule has 28 heavy (non-hydrogen) atoms. The molecular formula is C20H23F3N2O3. The van der Waals surface area contributed by atoms with E-state index in [0.717, 1.165) is 24.5 Å². The molecule has 152 valence electrons. The summed E-state index contributed by atoms with van der Waals surface area (Å²) in [4.78, 5) is 25.8. The van der Waals surface area contributed by atoms with Gasteiger partial charge in [-0.1, -0.05) is 6.07 Å². The topological polar surface area (TPSA) is 58.6 Å². The molecule has 3 fully saturated rings. The van der Waals surface area contributed by atoms with E-state index in [1.54, 1.807) is 13.0 Å². The minimum Gasteiger partial charge on any atom is -0.447 e. The summed E-state index contributed by atoms with van der Waals surface area (Å²) in [6.07, 6.45) is -2.04. The maximum Gasteiger partial charge on any atom is 0.416 e. The third-order valence-corrected chi connectivity index (χ3v) is 6.31. The number of ether oxygens (including phenoxy) is 1. The van der Waals surface area contributed by atoms with Crippen LogP contribution in [0.4, 0.5) is 18.0 Å². The van der Waals surface area contributed by atoms with Gasteiger partial charge >= 0.3 is 12.3 Å². The molecule has 1 aromatic carbocycles. The summed E-state index contributed by atoms with van der Waals surface area (Å²) in [5.41, 5.74) is 0.599. The van der Waals surface area contributed by atoms with Crippen molar-refractivity contribution >= 4 is 12.0 Å².